The van der Waals surface area contributed by atoms with Gasteiger partial charge in [-0.05, 0) is 49.7 Å². The van der Waals surface area contributed by atoms with Gasteiger partial charge in [0.2, 0.25) is 5.91 Å². The standard InChI is InChI=1S/C17H20N2O5S2/c1-3-4-17(20)19-26(23,24)16-11-7-14(8-12-16)18-25(21,22)15-9-5-13(2)6-10-15/h5-12,18H,3-4H2,1-2H3,(H,19,20). The zero-order valence-corrected chi connectivity index (χ0v) is 16.0. The Kier molecular flexibility index (Phi) is 6.04. The van der Waals surface area contributed by atoms with Gasteiger partial charge in [-0.3, -0.25) is 9.52 Å². The van der Waals surface area contributed by atoms with Gasteiger partial charge in [0.15, 0.2) is 0 Å². The van der Waals surface area contributed by atoms with Crippen molar-refractivity contribution in [1.29, 1.82) is 0 Å². The largest absolute Gasteiger partial charge is 0.280 e. The van der Waals surface area contributed by atoms with E-state index in [1.807, 2.05) is 11.6 Å². The van der Waals surface area contributed by atoms with Crippen LogP contribution in [0.25, 0.3) is 0 Å². The Bertz CT molecular complexity index is 980. The summed E-state index contributed by atoms with van der Waals surface area (Å²) in [6.45, 7) is 3.61. The Morgan fingerprint density at radius 3 is 1.88 bits per heavy atom. The van der Waals surface area contributed by atoms with E-state index in [2.05, 4.69) is 4.72 Å². The predicted octanol–water partition coefficient (Wildman–Crippen LogP) is 2.40. The van der Waals surface area contributed by atoms with Crippen molar-refractivity contribution in [3.63, 3.8) is 0 Å². The highest BCUT2D eigenvalue weighted by Crippen LogP contribution is 2.19. The van der Waals surface area contributed by atoms with Gasteiger partial charge in [-0.2, -0.15) is 0 Å². The number of sulfonamides is 2. The van der Waals surface area contributed by atoms with E-state index < -0.39 is 26.0 Å². The third kappa shape index (κ3) is 5.06. The molecule has 26 heavy (non-hydrogen) atoms. The van der Waals surface area contributed by atoms with Crippen molar-refractivity contribution in [2.24, 2.45) is 0 Å². The monoisotopic (exact) mass is 396 g/mol. The average molecular weight is 396 g/mol. The molecule has 0 fully saturated rings. The molecule has 7 nitrogen and oxygen atoms in total. The number of benzene rings is 2. The van der Waals surface area contributed by atoms with Gasteiger partial charge in [0, 0.05) is 12.1 Å². The molecule has 140 valence electrons. The van der Waals surface area contributed by atoms with Crippen molar-refractivity contribution >= 4 is 31.6 Å². The molecule has 0 atom stereocenters. The molecule has 0 saturated heterocycles. The molecule has 9 heteroatoms. The van der Waals surface area contributed by atoms with Crippen LogP contribution in [-0.4, -0.2) is 22.7 Å². The first-order valence-electron chi connectivity index (χ1n) is 7.89. The van der Waals surface area contributed by atoms with Gasteiger partial charge in [-0.1, -0.05) is 24.6 Å². The van der Waals surface area contributed by atoms with Crippen molar-refractivity contribution in [3.05, 3.63) is 54.1 Å². The summed E-state index contributed by atoms with van der Waals surface area (Å²) in [4.78, 5) is 11.5. The van der Waals surface area contributed by atoms with Gasteiger partial charge in [0.1, 0.15) is 0 Å². The third-order valence-electron chi connectivity index (χ3n) is 3.47. The first-order valence-corrected chi connectivity index (χ1v) is 10.9. The molecule has 0 spiro atoms. The second kappa shape index (κ2) is 7.88. The summed E-state index contributed by atoms with van der Waals surface area (Å²) < 4.78 is 53.2. The Morgan fingerprint density at radius 1 is 0.846 bits per heavy atom. The van der Waals surface area contributed by atoms with E-state index in [9.17, 15) is 21.6 Å². The molecule has 1 amide bonds. The smallest absolute Gasteiger partial charge is 0.264 e. The Labute approximate surface area is 153 Å². The number of carbonyl (C=O) groups is 1. The van der Waals surface area contributed by atoms with Crippen molar-refractivity contribution in [2.75, 3.05) is 4.72 Å². The predicted molar refractivity (Wildman–Crippen MR) is 98.7 cm³/mol. The maximum absolute atomic E-state index is 12.3. The maximum atomic E-state index is 12.3. The lowest BCUT2D eigenvalue weighted by atomic mass is 10.2. The normalized spacial score (nSPS) is 11.8. The van der Waals surface area contributed by atoms with Crippen LogP contribution < -0.4 is 9.44 Å². The summed E-state index contributed by atoms with van der Waals surface area (Å²) in [6.07, 6.45) is 0.634. The summed E-state index contributed by atoms with van der Waals surface area (Å²) in [6, 6.07) is 11.4. The number of rotatable bonds is 7. The molecular weight excluding hydrogens is 376 g/mol. The number of hydrogen-bond acceptors (Lipinski definition) is 5. The molecular formula is C17H20N2O5S2. The molecule has 0 aromatic heterocycles. The van der Waals surface area contributed by atoms with E-state index in [0.717, 1.165) is 5.56 Å². The van der Waals surface area contributed by atoms with E-state index in [1.54, 1.807) is 19.1 Å². The molecule has 2 N–H and O–H groups in total. The van der Waals surface area contributed by atoms with E-state index in [0.29, 0.717) is 6.42 Å². The second-order valence-electron chi connectivity index (χ2n) is 5.72. The Hall–Kier alpha value is -2.39. The van der Waals surface area contributed by atoms with Crippen LogP contribution in [0.1, 0.15) is 25.3 Å². The van der Waals surface area contributed by atoms with E-state index in [-0.39, 0.29) is 21.9 Å². The van der Waals surface area contributed by atoms with Crippen molar-refractivity contribution in [3.8, 4) is 0 Å². The molecule has 2 aromatic rings. The fourth-order valence-electron chi connectivity index (χ4n) is 2.12. The molecule has 0 radical (unpaired) electrons. The summed E-state index contributed by atoms with van der Waals surface area (Å²) in [5.41, 5.74) is 1.15. The van der Waals surface area contributed by atoms with E-state index in [4.69, 9.17) is 0 Å². The highest BCUT2D eigenvalue weighted by atomic mass is 32.2. The lowest BCUT2D eigenvalue weighted by Gasteiger charge is -2.10. The Balaban J connectivity index is 2.16. The molecule has 0 saturated carbocycles. The number of aryl methyl sites for hydroxylation is 1. The van der Waals surface area contributed by atoms with Crippen LogP contribution in [-0.2, 0) is 24.8 Å². The fraction of sp³-hybridized carbons (Fsp3) is 0.235. The molecule has 0 aliphatic rings. The summed E-state index contributed by atoms with van der Waals surface area (Å²) >= 11 is 0. The summed E-state index contributed by atoms with van der Waals surface area (Å²) in [7, 11) is -7.75. The Morgan fingerprint density at radius 2 is 1.35 bits per heavy atom. The van der Waals surface area contributed by atoms with Crippen molar-refractivity contribution in [2.45, 2.75) is 36.5 Å². The van der Waals surface area contributed by atoms with Crippen LogP contribution >= 0.6 is 0 Å². The molecule has 0 bridgehead atoms. The third-order valence-corrected chi connectivity index (χ3v) is 6.26. The molecule has 0 heterocycles. The van der Waals surface area contributed by atoms with Crippen molar-refractivity contribution < 1.29 is 21.6 Å². The molecule has 2 rings (SSSR count). The van der Waals surface area contributed by atoms with Crippen LogP contribution in [0.2, 0.25) is 0 Å². The fourth-order valence-corrected chi connectivity index (χ4v) is 4.19. The highest BCUT2D eigenvalue weighted by molar-refractivity contribution is 7.92. The van der Waals surface area contributed by atoms with Gasteiger partial charge in [0.05, 0.1) is 9.79 Å². The van der Waals surface area contributed by atoms with Gasteiger partial charge < -0.3 is 0 Å². The maximum Gasteiger partial charge on any atom is 0.264 e. The van der Waals surface area contributed by atoms with Crippen molar-refractivity contribution in [1.82, 2.24) is 4.72 Å². The van der Waals surface area contributed by atoms with Crippen LogP contribution in [0.3, 0.4) is 0 Å². The topological polar surface area (TPSA) is 109 Å². The van der Waals surface area contributed by atoms with Gasteiger partial charge in [0.25, 0.3) is 20.0 Å². The molecule has 0 aliphatic heterocycles. The van der Waals surface area contributed by atoms with Gasteiger partial charge >= 0.3 is 0 Å². The molecule has 2 aromatic carbocycles. The zero-order chi connectivity index (χ0) is 19.4. The number of amides is 1. The number of hydrogen-bond donors (Lipinski definition) is 2. The van der Waals surface area contributed by atoms with Crippen LogP contribution in [0.5, 0.6) is 0 Å². The molecule has 0 aliphatic carbocycles. The van der Waals surface area contributed by atoms with Crippen LogP contribution in [0, 0.1) is 6.92 Å². The van der Waals surface area contributed by atoms with Gasteiger partial charge in [-0.25, -0.2) is 21.6 Å². The number of anilines is 1. The summed E-state index contributed by atoms with van der Waals surface area (Å²) in [5, 5.41) is 0. The minimum Gasteiger partial charge on any atom is -0.280 e. The van der Waals surface area contributed by atoms with Gasteiger partial charge in [-0.15, -0.1) is 0 Å². The van der Waals surface area contributed by atoms with E-state index in [1.165, 1.54) is 36.4 Å². The minimum atomic E-state index is -3.98. The second-order valence-corrected chi connectivity index (χ2v) is 9.09. The van der Waals surface area contributed by atoms with Crippen LogP contribution in [0.4, 0.5) is 5.69 Å². The zero-order valence-electron chi connectivity index (χ0n) is 14.4. The number of carbonyl (C=O) groups excluding carboxylic acids is 1. The lowest BCUT2D eigenvalue weighted by molar-refractivity contribution is -0.119. The van der Waals surface area contributed by atoms with E-state index >= 15 is 0 Å². The average Bonchev–Trinajstić information content (AvgIpc) is 2.55. The van der Waals surface area contributed by atoms with Crippen LogP contribution in [0.15, 0.2) is 58.3 Å². The first kappa shape index (κ1) is 19.9. The summed E-state index contributed by atoms with van der Waals surface area (Å²) in [5.74, 6) is -0.586. The SMILES string of the molecule is CCCC(=O)NS(=O)(=O)c1ccc(NS(=O)(=O)c2ccc(C)cc2)cc1. The quantitative estimate of drug-likeness (QED) is 0.747. The number of nitrogens with one attached hydrogen (secondary N) is 2. The molecule has 0 unspecified atom stereocenters. The lowest BCUT2D eigenvalue weighted by Crippen LogP contribution is -2.30. The minimum absolute atomic E-state index is 0.103. The highest BCUT2D eigenvalue weighted by Gasteiger charge is 2.18. The first-order chi connectivity index (χ1) is 12.1.